The highest BCUT2D eigenvalue weighted by Gasteiger charge is 2.24. The van der Waals surface area contributed by atoms with E-state index in [1.165, 1.54) is 0 Å². The summed E-state index contributed by atoms with van der Waals surface area (Å²) in [5.74, 6) is 0.194. The zero-order valence-electron chi connectivity index (χ0n) is 6.21. The van der Waals surface area contributed by atoms with Crippen LogP contribution in [-0.2, 0) is 14.3 Å². The Morgan fingerprint density at radius 3 is 2.55 bits per heavy atom. The van der Waals surface area contributed by atoms with Crippen molar-refractivity contribution < 1.29 is 14.3 Å². The molecule has 1 fully saturated rings. The van der Waals surface area contributed by atoms with Crippen LogP contribution in [0.4, 0.5) is 0 Å². The molecule has 0 aromatic carbocycles. The summed E-state index contributed by atoms with van der Waals surface area (Å²) < 4.78 is 10.5. The molecule has 0 radical (unpaired) electrons. The molecule has 1 aliphatic carbocycles. The first-order valence-electron chi connectivity index (χ1n) is 3.83. The lowest BCUT2D eigenvalue weighted by Crippen LogP contribution is -2.09. The van der Waals surface area contributed by atoms with E-state index in [0.29, 0.717) is 19.6 Å². The number of hydrogen-bond donors (Lipinski definition) is 0. The van der Waals surface area contributed by atoms with Gasteiger partial charge >= 0.3 is 0 Å². The van der Waals surface area contributed by atoms with Crippen LogP contribution in [-0.4, -0.2) is 25.3 Å². The first-order valence-corrected chi connectivity index (χ1v) is 3.83. The number of hydrogen-bond acceptors (Lipinski definition) is 3. The average molecular weight is 154 g/mol. The standard InChI is InChI=1S/C8H10O3/c9-7-2-1-6(5-7)8-10-3-4-11-8/h5,8H,1-4H2. The average Bonchev–Trinajstić information content (AvgIpc) is 2.55. The molecule has 1 saturated heterocycles. The van der Waals surface area contributed by atoms with Crippen LogP contribution < -0.4 is 0 Å². The Labute approximate surface area is 65.0 Å². The van der Waals surface area contributed by atoms with Crippen molar-refractivity contribution >= 4 is 5.78 Å². The molecule has 11 heavy (non-hydrogen) atoms. The van der Waals surface area contributed by atoms with Crippen molar-refractivity contribution in [2.45, 2.75) is 19.1 Å². The molecule has 0 aromatic heterocycles. The van der Waals surface area contributed by atoms with Crippen LogP contribution in [0.3, 0.4) is 0 Å². The monoisotopic (exact) mass is 154 g/mol. The van der Waals surface area contributed by atoms with E-state index in [0.717, 1.165) is 12.0 Å². The molecular weight excluding hydrogens is 144 g/mol. The summed E-state index contributed by atoms with van der Waals surface area (Å²) in [7, 11) is 0. The van der Waals surface area contributed by atoms with E-state index < -0.39 is 0 Å². The first kappa shape index (κ1) is 7.00. The molecule has 3 nitrogen and oxygen atoms in total. The van der Waals surface area contributed by atoms with Crippen molar-refractivity contribution in [1.29, 1.82) is 0 Å². The normalized spacial score (nSPS) is 26.2. The summed E-state index contributed by atoms with van der Waals surface area (Å²) in [6.07, 6.45) is 2.86. The minimum Gasteiger partial charge on any atom is -0.346 e. The number of ether oxygens (including phenoxy) is 2. The Balaban J connectivity index is 2.04. The van der Waals surface area contributed by atoms with Crippen molar-refractivity contribution in [3.05, 3.63) is 11.6 Å². The second-order valence-electron chi connectivity index (χ2n) is 2.76. The molecule has 60 valence electrons. The van der Waals surface area contributed by atoms with Crippen molar-refractivity contribution in [1.82, 2.24) is 0 Å². The van der Waals surface area contributed by atoms with Crippen LogP contribution >= 0.6 is 0 Å². The SMILES string of the molecule is O=C1C=C(C2OCCO2)CC1. The number of rotatable bonds is 1. The van der Waals surface area contributed by atoms with E-state index in [2.05, 4.69) is 0 Å². The van der Waals surface area contributed by atoms with E-state index in [-0.39, 0.29) is 12.1 Å². The maximum atomic E-state index is 10.8. The number of allylic oxidation sites excluding steroid dienone is 1. The van der Waals surface area contributed by atoms with Crippen LogP contribution in [0.2, 0.25) is 0 Å². The fourth-order valence-corrected chi connectivity index (χ4v) is 1.38. The molecule has 0 unspecified atom stereocenters. The molecule has 0 atom stereocenters. The largest absolute Gasteiger partial charge is 0.346 e. The number of carbonyl (C=O) groups is 1. The maximum Gasteiger partial charge on any atom is 0.180 e. The summed E-state index contributed by atoms with van der Waals surface area (Å²) in [4.78, 5) is 10.8. The van der Waals surface area contributed by atoms with E-state index in [4.69, 9.17) is 9.47 Å². The lowest BCUT2D eigenvalue weighted by atomic mass is 10.2. The van der Waals surface area contributed by atoms with Gasteiger partial charge in [0.2, 0.25) is 0 Å². The second-order valence-corrected chi connectivity index (χ2v) is 2.76. The van der Waals surface area contributed by atoms with Crippen molar-refractivity contribution in [3.63, 3.8) is 0 Å². The summed E-state index contributed by atoms with van der Waals surface area (Å²) in [6.45, 7) is 1.30. The zero-order chi connectivity index (χ0) is 7.68. The van der Waals surface area contributed by atoms with Crippen LogP contribution in [0.1, 0.15) is 12.8 Å². The van der Waals surface area contributed by atoms with Crippen LogP contribution in [0.15, 0.2) is 11.6 Å². The molecule has 0 N–H and O–H groups in total. The second kappa shape index (κ2) is 2.75. The summed E-state index contributed by atoms with van der Waals surface area (Å²) in [5, 5.41) is 0. The summed E-state index contributed by atoms with van der Waals surface area (Å²) in [6, 6.07) is 0. The molecule has 0 saturated carbocycles. The Bertz CT molecular complexity index is 201. The van der Waals surface area contributed by atoms with Gasteiger partial charge in [0, 0.05) is 6.42 Å². The predicted octanol–water partition coefficient (Wildman–Crippen LogP) is 0.649. The maximum absolute atomic E-state index is 10.8. The van der Waals surface area contributed by atoms with Crippen LogP contribution in [0.5, 0.6) is 0 Å². The van der Waals surface area contributed by atoms with Gasteiger partial charge in [0.25, 0.3) is 0 Å². The van der Waals surface area contributed by atoms with Gasteiger partial charge < -0.3 is 9.47 Å². The number of ketones is 1. The fraction of sp³-hybridized carbons (Fsp3) is 0.625. The fourth-order valence-electron chi connectivity index (χ4n) is 1.38. The molecule has 1 heterocycles. The molecular formula is C8H10O3. The van der Waals surface area contributed by atoms with Gasteiger partial charge in [-0.3, -0.25) is 4.79 Å². The summed E-state index contributed by atoms with van der Waals surface area (Å²) in [5.41, 5.74) is 1.01. The Kier molecular flexibility index (Phi) is 1.75. The molecule has 0 spiro atoms. The van der Waals surface area contributed by atoms with Crippen LogP contribution in [0, 0.1) is 0 Å². The third-order valence-electron chi connectivity index (χ3n) is 1.93. The lowest BCUT2D eigenvalue weighted by molar-refractivity contribution is -0.114. The van der Waals surface area contributed by atoms with Gasteiger partial charge in [0.05, 0.1) is 13.2 Å². The Hall–Kier alpha value is -0.670. The van der Waals surface area contributed by atoms with Crippen molar-refractivity contribution in [2.75, 3.05) is 13.2 Å². The molecule has 3 heteroatoms. The van der Waals surface area contributed by atoms with Crippen molar-refractivity contribution in [2.24, 2.45) is 0 Å². The predicted molar refractivity (Wildman–Crippen MR) is 38.0 cm³/mol. The van der Waals surface area contributed by atoms with E-state index in [1.807, 2.05) is 0 Å². The summed E-state index contributed by atoms with van der Waals surface area (Å²) >= 11 is 0. The third-order valence-corrected chi connectivity index (χ3v) is 1.93. The highest BCUT2D eigenvalue weighted by atomic mass is 16.7. The minimum atomic E-state index is -0.221. The van der Waals surface area contributed by atoms with Crippen LogP contribution in [0.25, 0.3) is 0 Å². The molecule has 2 rings (SSSR count). The Morgan fingerprint density at radius 2 is 2.00 bits per heavy atom. The Morgan fingerprint density at radius 1 is 1.27 bits per heavy atom. The van der Waals surface area contributed by atoms with E-state index in [9.17, 15) is 4.79 Å². The smallest absolute Gasteiger partial charge is 0.180 e. The third kappa shape index (κ3) is 1.34. The van der Waals surface area contributed by atoms with E-state index >= 15 is 0 Å². The van der Waals surface area contributed by atoms with Gasteiger partial charge in [-0.15, -0.1) is 0 Å². The highest BCUT2D eigenvalue weighted by Crippen LogP contribution is 2.23. The van der Waals surface area contributed by atoms with Gasteiger partial charge in [-0.2, -0.15) is 0 Å². The molecule has 0 bridgehead atoms. The van der Waals surface area contributed by atoms with Gasteiger partial charge in [-0.05, 0) is 18.1 Å². The first-order chi connectivity index (χ1) is 5.36. The van der Waals surface area contributed by atoms with Gasteiger partial charge in [0.15, 0.2) is 12.1 Å². The van der Waals surface area contributed by atoms with Gasteiger partial charge in [0.1, 0.15) is 0 Å². The topological polar surface area (TPSA) is 35.5 Å². The van der Waals surface area contributed by atoms with Crippen molar-refractivity contribution in [3.8, 4) is 0 Å². The van der Waals surface area contributed by atoms with Gasteiger partial charge in [-0.25, -0.2) is 0 Å². The number of carbonyl (C=O) groups excluding carboxylic acids is 1. The minimum absolute atomic E-state index is 0.194. The molecule has 2 aliphatic rings. The van der Waals surface area contributed by atoms with E-state index in [1.54, 1.807) is 6.08 Å². The molecule has 0 aromatic rings. The van der Waals surface area contributed by atoms with Gasteiger partial charge in [-0.1, -0.05) is 0 Å². The molecule has 0 amide bonds. The zero-order valence-corrected chi connectivity index (χ0v) is 6.21. The highest BCUT2D eigenvalue weighted by molar-refractivity contribution is 5.93. The molecule has 1 aliphatic heterocycles. The lowest BCUT2D eigenvalue weighted by Gasteiger charge is -2.08. The quantitative estimate of drug-likeness (QED) is 0.556.